The molecule has 2 aromatic carbocycles. The van der Waals surface area contributed by atoms with Gasteiger partial charge in [0.25, 0.3) is 0 Å². The van der Waals surface area contributed by atoms with Crippen LogP contribution in [0, 0.1) is 11.6 Å². The summed E-state index contributed by atoms with van der Waals surface area (Å²) in [5.74, 6) is -2.41. The van der Waals surface area contributed by atoms with E-state index in [1.54, 1.807) is 7.11 Å². The van der Waals surface area contributed by atoms with Crippen LogP contribution in [0.2, 0.25) is 0 Å². The van der Waals surface area contributed by atoms with Crippen LogP contribution < -0.4 is 15.4 Å². The summed E-state index contributed by atoms with van der Waals surface area (Å²) >= 11 is 0. The molecular formula is C18H18F2N2O3. The van der Waals surface area contributed by atoms with E-state index in [1.165, 1.54) is 6.07 Å². The van der Waals surface area contributed by atoms with Crippen molar-refractivity contribution < 1.29 is 23.1 Å². The van der Waals surface area contributed by atoms with Crippen LogP contribution in [0.25, 0.3) is 0 Å². The Balaban J connectivity index is 1.75. The minimum absolute atomic E-state index is 0.0908. The Hall–Kier alpha value is -2.96. The summed E-state index contributed by atoms with van der Waals surface area (Å²) in [6.07, 6.45) is 0.185. The molecule has 0 radical (unpaired) electrons. The topological polar surface area (TPSA) is 67.4 Å². The normalized spacial score (nSPS) is 10.2. The zero-order valence-corrected chi connectivity index (χ0v) is 13.6. The van der Waals surface area contributed by atoms with Gasteiger partial charge in [-0.05, 0) is 36.2 Å². The molecule has 2 rings (SSSR count). The van der Waals surface area contributed by atoms with E-state index in [0.29, 0.717) is 13.0 Å². The highest BCUT2D eigenvalue weighted by Crippen LogP contribution is 2.14. The standard InChI is InChI=1S/C18H18F2N2O3/c1-25-14-4-2-3-12(9-14)7-8-21-17(23)11-18(24)22-13-5-6-15(19)16(20)10-13/h2-6,9-10H,7-8,11H2,1H3,(H,21,23)(H,22,24). The summed E-state index contributed by atoms with van der Waals surface area (Å²) in [4.78, 5) is 23.5. The number of rotatable bonds is 7. The van der Waals surface area contributed by atoms with Gasteiger partial charge in [0.1, 0.15) is 12.2 Å². The third-order valence-corrected chi connectivity index (χ3v) is 3.39. The van der Waals surface area contributed by atoms with Gasteiger partial charge < -0.3 is 15.4 Å². The van der Waals surface area contributed by atoms with Crippen LogP contribution in [0.4, 0.5) is 14.5 Å². The first-order valence-electron chi connectivity index (χ1n) is 7.62. The fourth-order valence-corrected chi connectivity index (χ4v) is 2.16. The van der Waals surface area contributed by atoms with Crippen LogP contribution >= 0.6 is 0 Å². The molecule has 2 aromatic rings. The molecule has 0 saturated carbocycles. The number of amides is 2. The van der Waals surface area contributed by atoms with Gasteiger partial charge in [0.15, 0.2) is 11.6 Å². The second kappa shape index (κ2) is 8.77. The largest absolute Gasteiger partial charge is 0.497 e. The van der Waals surface area contributed by atoms with E-state index in [0.717, 1.165) is 23.4 Å². The molecule has 0 bridgehead atoms. The van der Waals surface area contributed by atoms with Gasteiger partial charge in [-0.25, -0.2) is 8.78 Å². The molecule has 0 atom stereocenters. The SMILES string of the molecule is COc1cccc(CCNC(=O)CC(=O)Nc2ccc(F)c(F)c2)c1. The smallest absolute Gasteiger partial charge is 0.233 e. The van der Waals surface area contributed by atoms with Crippen LogP contribution in [0.15, 0.2) is 42.5 Å². The molecule has 0 unspecified atom stereocenters. The molecule has 0 saturated heterocycles. The Bertz CT molecular complexity index is 766. The summed E-state index contributed by atoms with van der Waals surface area (Å²) in [7, 11) is 1.58. The number of carbonyl (C=O) groups excluding carboxylic acids is 2. The van der Waals surface area contributed by atoms with Crippen molar-refractivity contribution in [3.8, 4) is 5.75 Å². The molecule has 132 valence electrons. The van der Waals surface area contributed by atoms with Crippen molar-refractivity contribution in [3.05, 3.63) is 59.7 Å². The summed E-state index contributed by atoms with van der Waals surface area (Å²) < 4.78 is 31.0. The maximum Gasteiger partial charge on any atom is 0.233 e. The minimum atomic E-state index is -1.07. The van der Waals surface area contributed by atoms with Gasteiger partial charge in [-0.1, -0.05) is 12.1 Å². The number of ether oxygens (including phenoxy) is 1. The lowest BCUT2D eigenvalue weighted by atomic mass is 10.1. The van der Waals surface area contributed by atoms with E-state index in [9.17, 15) is 18.4 Å². The Morgan fingerprint density at radius 2 is 1.84 bits per heavy atom. The first-order chi connectivity index (χ1) is 12.0. The van der Waals surface area contributed by atoms with Crippen molar-refractivity contribution in [3.63, 3.8) is 0 Å². The van der Waals surface area contributed by atoms with Crippen LogP contribution in [0.5, 0.6) is 5.75 Å². The minimum Gasteiger partial charge on any atom is -0.497 e. The zero-order chi connectivity index (χ0) is 18.2. The van der Waals surface area contributed by atoms with E-state index in [-0.39, 0.29) is 5.69 Å². The molecule has 0 aliphatic heterocycles. The average molecular weight is 348 g/mol. The van der Waals surface area contributed by atoms with Crippen molar-refractivity contribution in [2.75, 3.05) is 19.0 Å². The number of carbonyl (C=O) groups is 2. The molecule has 25 heavy (non-hydrogen) atoms. The zero-order valence-electron chi connectivity index (χ0n) is 13.6. The van der Waals surface area contributed by atoms with E-state index >= 15 is 0 Å². The summed E-state index contributed by atoms with van der Waals surface area (Å²) in [6.45, 7) is 0.366. The van der Waals surface area contributed by atoms with Crippen molar-refractivity contribution in [2.45, 2.75) is 12.8 Å². The Morgan fingerprint density at radius 3 is 2.56 bits per heavy atom. The molecule has 2 amide bonds. The highest BCUT2D eigenvalue weighted by atomic mass is 19.2. The van der Waals surface area contributed by atoms with Crippen LogP contribution in [0.1, 0.15) is 12.0 Å². The number of hydrogen-bond acceptors (Lipinski definition) is 3. The van der Waals surface area contributed by atoms with Gasteiger partial charge in [0.05, 0.1) is 7.11 Å². The third-order valence-electron chi connectivity index (χ3n) is 3.39. The van der Waals surface area contributed by atoms with Crippen LogP contribution in [0.3, 0.4) is 0 Å². The van der Waals surface area contributed by atoms with E-state index in [2.05, 4.69) is 10.6 Å². The Morgan fingerprint density at radius 1 is 1.04 bits per heavy atom. The first-order valence-corrected chi connectivity index (χ1v) is 7.62. The number of nitrogens with one attached hydrogen (secondary N) is 2. The molecule has 0 spiro atoms. The predicted octanol–water partition coefficient (Wildman–Crippen LogP) is 2.66. The average Bonchev–Trinajstić information content (AvgIpc) is 2.58. The van der Waals surface area contributed by atoms with Crippen LogP contribution in [-0.2, 0) is 16.0 Å². The van der Waals surface area contributed by atoms with Crippen molar-refractivity contribution in [1.82, 2.24) is 5.32 Å². The number of methoxy groups -OCH3 is 1. The fourth-order valence-electron chi connectivity index (χ4n) is 2.16. The van der Waals surface area contributed by atoms with E-state index < -0.39 is 29.9 Å². The summed E-state index contributed by atoms with van der Waals surface area (Å²) in [6, 6.07) is 10.4. The second-order valence-corrected chi connectivity index (χ2v) is 5.31. The predicted molar refractivity (Wildman–Crippen MR) is 89.3 cm³/mol. The molecule has 0 fully saturated rings. The molecule has 7 heteroatoms. The number of hydrogen-bond donors (Lipinski definition) is 2. The highest BCUT2D eigenvalue weighted by molar-refractivity contribution is 6.03. The number of halogens is 2. The van der Waals surface area contributed by atoms with E-state index in [1.807, 2.05) is 24.3 Å². The maximum absolute atomic E-state index is 13.1. The fraction of sp³-hybridized carbons (Fsp3) is 0.222. The first kappa shape index (κ1) is 18.4. The summed E-state index contributed by atoms with van der Waals surface area (Å²) in [5.41, 5.74) is 1.08. The molecule has 0 aromatic heterocycles. The molecule has 2 N–H and O–H groups in total. The van der Waals surface area contributed by atoms with Gasteiger partial charge in [0.2, 0.25) is 11.8 Å². The van der Waals surface area contributed by atoms with Gasteiger partial charge >= 0.3 is 0 Å². The van der Waals surface area contributed by atoms with Gasteiger partial charge in [-0.2, -0.15) is 0 Å². The maximum atomic E-state index is 13.1. The van der Waals surface area contributed by atoms with Crippen molar-refractivity contribution in [1.29, 1.82) is 0 Å². The lowest BCUT2D eigenvalue weighted by molar-refractivity contribution is -0.126. The lowest BCUT2D eigenvalue weighted by Gasteiger charge is -2.08. The number of anilines is 1. The van der Waals surface area contributed by atoms with Crippen LogP contribution in [-0.4, -0.2) is 25.5 Å². The van der Waals surface area contributed by atoms with Crippen molar-refractivity contribution in [2.24, 2.45) is 0 Å². The van der Waals surface area contributed by atoms with Gasteiger partial charge in [-0.15, -0.1) is 0 Å². The lowest BCUT2D eigenvalue weighted by Crippen LogP contribution is -2.29. The third kappa shape index (κ3) is 5.87. The van der Waals surface area contributed by atoms with Gasteiger partial charge in [0, 0.05) is 18.3 Å². The highest BCUT2D eigenvalue weighted by Gasteiger charge is 2.11. The van der Waals surface area contributed by atoms with Gasteiger partial charge in [-0.3, -0.25) is 9.59 Å². The molecule has 0 heterocycles. The Kier molecular flexibility index (Phi) is 6.45. The Labute approximate surface area is 144 Å². The second-order valence-electron chi connectivity index (χ2n) is 5.31. The van der Waals surface area contributed by atoms with Crippen molar-refractivity contribution >= 4 is 17.5 Å². The number of benzene rings is 2. The molecular weight excluding hydrogens is 330 g/mol. The molecule has 5 nitrogen and oxygen atoms in total. The molecule has 0 aliphatic rings. The summed E-state index contributed by atoms with van der Waals surface area (Å²) in [5, 5.41) is 4.97. The van der Waals surface area contributed by atoms with E-state index in [4.69, 9.17) is 4.74 Å². The quantitative estimate of drug-likeness (QED) is 0.756. The monoisotopic (exact) mass is 348 g/mol. The molecule has 0 aliphatic carbocycles.